The SMILES string of the molecule is COC1(C(=N)N2CCOCC2)CCCCC1. The Balaban J connectivity index is 2.04. The standard InChI is InChI=1S/C12H22N2O2/c1-15-12(5-3-2-4-6-12)11(13)14-7-9-16-10-8-14/h13H,2-10H2,1H3. The zero-order valence-corrected chi connectivity index (χ0v) is 10.1. The van der Waals surface area contributed by atoms with Gasteiger partial charge in [0.15, 0.2) is 0 Å². The molecule has 0 aromatic rings. The van der Waals surface area contributed by atoms with E-state index in [0.717, 1.165) is 39.1 Å². The number of ether oxygens (including phenoxy) is 2. The molecule has 1 N–H and O–H groups in total. The summed E-state index contributed by atoms with van der Waals surface area (Å²) in [5.74, 6) is 0.679. The summed E-state index contributed by atoms with van der Waals surface area (Å²) in [4.78, 5) is 2.12. The lowest BCUT2D eigenvalue weighted by Gasteiger charge is -2.42. The molecule has 0 atom stereocenters. The van der Waals surface area contributed by atoms with Gasteiger partial charge in [0.25, 0.3) is 0 Å². The smallest absolute Gasteiger partial charge is 0.129 e. The maximum Gasteiger partial charge on any atom is 0.129 e. The van der Waals surface area contributed by atoms with Gasteiger partial charge in [-0.05, 0) is 12.8 Å². The fourth-order valence-electron chi connectivity index (χ4n) is 2.74. The molecule has 1 aliphatic heterocycles. The number of hydrogen-bond acceptors (Lipinski definition) is 3. The van der Waals surface area contributed by atoms with Gasteiger partial charge in [0.05, 0.1) is 13.2 Å². The molecule has 0 bridgehead atoms. The topological polar surface area (TPSA) is 45.5 Å². The summed E-state index contributed by atoms with van der Waals surface area (Å²) in [5.41, 5.74) is -0.310. The van der Waals surface area contributed by atoms with E-state index in [1.807, 2.05) is 0 Å². The van der Waals surface area contributed by atoms with Crippen LogP contribution in [0, 0.1) is 5.41 Å². The summed E-state index contributed by atoms with van der Waals surface area (Å²) in [6.07, 6.45) is 5.64. The van der Waals surface area contributed by atoms with Crippen molar-refractivity contribution in [3.05, 3.63) is 0 Å². The van der Waals surface area contributed by atoms with Crippen LogP contribution in [0.3, 0.4) is 0 Å². The van der Waals surface area contributed by atoms with Crippen LogP contribution in [0.4, 0.5) is 0 Å². The molecule has 1 aliphatic carbocycles. The van der Waals surface area contributed by atoms with Gasteiger partial charge in [-0.2, -0.15) is 0 Å². The van der Waals surface area contributed by atoms with Crippen LogP contribution in [0.1, 0.15) is 32.1 Å². The van der Waals surface area contributed by atoms with Gasteiger partial charge in [-0.1, -0.05) is 19.3 Å². The Hall–Kier alpha value is -0.610. The van der Waals surface area contributed by atoms with Crippen LogP contribution in [0.5, 0.6) is 0 Å². The van der Waals surface area contributed by atoms with Crippen LogP contribution in [-0.4, -0.2) is 49.7 Å². The second-order valence-corrected chi connectivity index (χ2v) is 4.71. The quantitative estimate of drug-likeness (QED) is 0.575. The van der Waals surface area contributed by atoms with Crippen molar-refractivity contribution in [1.29, 1.82) is 5.41 Å². The van der Waals surface area contributed by atoms with Gasteiger partial charge in [0.2, 0.25) is 0 Å². The molecule has 1 heterocycles. The van der Waals surface area contributed by atoms with Crippen molar-refractivity contribution in [2.24, 2.45) is 0 Å². The zero-order chi connectivity index (χ0) is 11.4. The molecule has 2 aliphatic rings. The van der Waals surface area contributed by atoms with E-state index < -0.39 is 0 Å². The molecule has 1 saturated carbocycles. The Labute approximate surface area is 97.4 Å². The third-order valence-electron chi connectivity index (χ3n) is 3.81. The van der Waals surface area contributed by atoms with Gasteiger partial charge in [0, 0.05) is 20.2 Å². The molecular formula is C12H22N2O2. The van der Waals surface area contributed by atoms with Crippen LogP contribution in [0.15, 0.2) is 0 Å². The first kappa shape index (κ1) is 11.9. The summed E-state index contributed by atoms with van der Waals surface area (Å²) in [7, 11) is 1.75. The average molecular weight is 226 g/mol. The second-order valence-electron chi connectivity index (χ2n) is 4.71. The Kier molecular flexibility index (Phi) is 3.82. The summed E-state index contributed by atoms with van der Waals surface area (Å²) >= 11 is 0. The molecule has 4 heteroatoms. The summed E-state index contributed by atoms with van der Waals surface area (Å²) in [6, 6.07) is 0. The number of amidine groups is 1. The monoisotopic (exact) mass is 226 g/mol. The van der Waals surface area contributed by atoms with Crippen molar-refractivity contribution in [3.63, 3.8) is 0 Å². The number of rotatable bonds is 2. The Morgan fingerprint density at radius 3 is 2.38 bits per heavy atom. The Bertz CT molecular complexity index is 243. The van der Waals surface area contributed by atoms with Crippen molar-refractivity contribution in [1.82, 2.24) is 4.90 Å². The molecule has 0 spiro atoms. The van der Waals surface area contributed by atoms with Crippen LogP contribution in [0.2, 0.25) is 0 Å². The molecule has 0 amide bonds. The van der Waals surface area contributed by atoms with Gasteiger partial charge in [-0.25, -0.2) is 0 Å². The van der Waals surface area contributed by atoms with Gasteiger partial charge in [0.1, 0.15) is 11.4 Å². The number of hydrogen-bond donors (Lipinski definition) is 1. The fraction of sp³-hybridized carbons (Fsp3) is 0.917. The van der Waals surface area contributed by atoms with Crippen molar-refractivity contribution in [3.8, 4) is 0 Å². The minimum Gasteiger partial charge on any atom is -0.378 e. The van der Waals surface area contributed by atoms with Crippen molar-refractivity contribution < 1.29 is 9.47 Å². The summed E-state index contributed by atoms with van der Waals surface area (Å²) in [6.45, 7) is 3.15. The van der Waals surface area contributed by atoms with E-state index in [9.17, 15) is 0 Å². The molecule has 16 heavy (non-hydrogen) atoms. The highest BCUT2D eigenvalue weighted by atomic mass is 16.5. The van der Waals surface area contributed by atoms with Crippen LogP contribution in [-0.2, 0) is 9.47 Å². The maximum absolute atomic E-state index is 8.37. The Morgan fingerprint density at radius 1 is 1.19 bits per heavy atom. The van der Waals surface area contributed by atoms with Crippen molar-refractivity contribution in [2.45, 2.75) is 37.7 Å². The molecule has 0 unspecified atom stereocenters. The van der Waals surface area contributed by atoms with Crippen LogP contribution < -0.4 is 0 Å². The molecule has 92 valence electrons. The van der Waals surface area contributed by atoms with E-state index in [4.69, 9.17) is 14.9 Å². The average Bonchev–Trinajstić information content (AvgIpc) is 2.39. The van der Waals surface area contributed by atoms with E-state index in [0.29, 0.717) is 5.84 Å². The molecule has 0 radical (unpaired) electrons. The van der Waals surface area contributed by atoms with Gasteiger partial charge >= 0.3 is 0 Å². The van der Waals surface area contributed by atoms with Crippen LogP contribution >= 0.6 is 0 Å². The van der Waals surface area contributed by atoms with E-state index in [1.165, 1.54) is 19.3 Å². The summed E-state index contributed by atoms with van der Waals surface area (Å²) < 4.78 is 11.0. The first-order chi connectivity index (χ1) is 7.78. The Morgan fingerprint density at radius 2 is 1.81 bits per heavy atom. The number of methoxy groups -OCH3 is 1. The molecule has 1 saturated heterocycles. The normalized spacial score (nSPS) is 25.4. The number of morpholine rings is 1. The summed E-state index contributed by atoms with van der Waals surface area (Å²) in [5, 5.41) is 8.37. The van der Waals surface area contributed by atoms with Gasteiger partial charge in [-0.15, -0.1) is 0 Å². The predicted molar refractivity (Wildman–Crippen MR) is 62.9 cm³/mol. The van der Waals surface area contributed by atoms with Gasteiger partial charge < -0.3 is 14.4 Å². The highest BCUT2D eigenvalue weighted by Crippen LogP contribution is 2.33. The van der Waals surface area contributed by atoms with Crippen LogP contribution in [0.25, 0.3) is 0 Å². The molecule has 0 aromatic carbocycles. The predicted octanol–water partition coefficient (Wildman–Crippen LogP) is 1.65. The highest BCUT2D eigenvalue weighted by molar-refractivity contribution is 5.88. The van der Waals surface area contributed by atoms with Gasteiger partial charge in [-0.3, -0.25) is 5.41 Å². The molecular weight excluding hydrogens is 204 g/mol. The van der Waals surface area contributed by atoms with Crippen molar-refractivity contribution >= 4 is 5.84 Å². The minimum absolute atomic E-state index is 0.310. The van der Waals surface area contributed by atoms with E-state index in [1.54, 1.807) is 7.11 Å². The lowest BCUT2D eigenvalue weighted by atomic mass is 9.83. The third kappa shape index (κ3) is 2.23. The van der Waals surface area contributed by atoms with E-state index >= 15 is 0 Å². The second kappa shape index (κ2) is 5.15. The highest BCUT2D eigenvalue weighted by Gasteiger charge is 2.39. The number of nitrogens with zero attached hydrogens (tertiary/aromatic N) is 1. The molecule has 0 aromatic heterocycles. The lowest BCUT2D eigenvalue weighted by molar-refractivity contribution is -0.00233. The number of nitrogens with one attached hydrogen (secondary N) is 1. The third-order valence-corrected chi connectivity index (χ3v) is 3.81. The lowest BCUT2D eigenvalue weighted by Crippen LogP contribution is -2.53. The molecule has 4 nitrogen and oxygen atoms in total. The first-order valence-electron chi connectivity index (χ1n) is 6.25. The largest absolute Gasteiger partial charge is 0.378 e. The zero-order valence-electron chi connectivity index (χ0n) is 10.1. The van der Waals surface area contributed by atoms with Crippen molar-refractivity contribution in [2.75, 3.05) is 33.4 Å². The first-order valence-corrected chi connectivity index (χ1v) is 6.25. The minimum atomic E-state index is -0.310. The fourth-order valence-corrected chi connectivity index (χ4v) is 2.74. The van der Waals surface area contributed by atoms with E-state index in [2.05, 4.69) is 4.90 Å². The molecule has 2 fully saturated rings. The maximum atomic E-state index is 8.37. The molecule has 2 rings (SSSR count). The van der Waals surface area contributed by atoms with E-state index in [-0.39, 0.29) is 5.60 Å².